The summed E-state index contributed by atoms with van der Waals surface area (Å²) in [5, 5.41) is 5.69. The van der Waals surface area contributed by atoms with Crippen molar-refractivity contribution in [3.63, 3.8) is 0 Å². The number of piperidine rings is 1. The van der Waals surface area contributed by atoms with Crippen LogP contribution in [0.15, 0.2) is 0 Å². The van der Waals surface area contributed by atoms with Gasteiger partial charge in [0.15, 0.2) is 0 Å². The molecule has 6 nitrogen and oxygen atoms in total. The largest absolute Gasteiger partial charge is 0.469 e. The number of hydrogen-bond donors (Lipinski definition) is 2. The first-order chi connectivity index (χ1) is 10.6. The predicted molar refractivity (Wildman–Crippen MR) is 86.8 cm³/mol. The molecule has 1 atom stereocenters. The molecule has 0 aromatic heterocycles. The first-order valence-corrected chi connectivity index (χ1v) is 8.46. The molecule has 6 heteroatoms. The molecular weight excluding hydrogens is 282 g/mol. The molecule has 0 spiro atoms. The van der Waals surface area contributed by atoms with E-state index in [4.69, 9.17) is 0 Å². The SMILES string of the molecule is COC(=O)CCCCNC(=O)NCCCN1CCCCC1C. The van der Waals surface area contributed by atoms with E-state index in [1.54, 1.807) is 0 Å². The van der Waals surface area contributed by atoms with E-state index in [1.165, 1.54) is 32.9 Å². The Morgan fingerprint density at radius 1 is 1.14 bits per heavy atom. The van der Waals surface area contributed by atoms with E-state index in [1.807, 2.05) is 0 Å². The monoisotopic (exact) mass is 313 g/mol. The molecule has 1 heterocycles. The minimum atomic E-state index is -0.198. The van der Waals surface area contributed by atoms with Gasteiger partial charge in [0.1, 0.15) is 0 Å². The molecule has 0 aliphatic carbocycles. The molecule has 0 saturated carbocycles. The number of unbranched alkanes of at least 4 members (excludes halogenated alkanes) is 1. The third-order valence-corrected chi connectivity index (χ3v) is 4.17. The number of hydrogen-bond acceptors (Lipinski definition) is 4. The summed E-state index contributed by atoms with van der Waals surface area (Å²) >= 11 is 0. The van der Waals surface area contributed by atoms with Gasteiger partial charge in [0, 0.05) is 32.1 Å². The van der Waals surface area contributed by atoms with Crippen LogP contribution < -0.4 is 10.6 Å². The Hall–Kier alpha value is -1.30. The minimum Gasteiger partial charge on any atom is -0.469 e. The molecule has 1 aliphatic rings. The summed E-state index contributed by atoms with van der Waals surface area (Å²) in [7, 11) is 1.39. The van der Waals surface area contributed by atoms with Crippen molar-refractivity contribution >= 4 is 12.0 Å². The summed E-state index contributed by atoms with van der Waals surface area (Å²) in [6.45, 7) is 5.82. The Labute approximate surface area is 134 Å². The highest BCUT2D eigenvalue weighted by atomic mass is 16.5. The second-order valence-electron chi connectivity index (χ2n) is 5.95. The fourth-order valence-electron chi connectivity index (χ4n) is 2.73. The molecule has 2 amide bonds. The van der Waals surface area contributed by atoms with Crippen molar-refractivity contribution in [1.29, 1.82) is 0 Å². The van der Waals surface area contributed by atoms with E-state index in [2.05, 4.69) is 27.2 Å². The van der Waals surface area contributed by atoms with E-state index in [9.17, 15) is 9.59 Å². The zero-order valence-electron chi connectivity index (χ0n) is 14.0. The first-order valence-electron chi connectivity index (χ1n) is 8.46. The lowest BCUT2D eigenvalue weighted by Gasteiger charge is -2.33. The highest BCUT2D eigenvalue weighted by molar-refractivity contribution is 5.73. The van der Waals surface area contributed by atoms with Crippen molar-refractivity contribution in [3.8, 4) is 0 Å². The molecule has 0 bridgehead atoms. The lowest BCUT2D eigenvalue weighted by atomic mass is 10.0. The quantitative estimate of drug-likeness (QED) is 0.504. The zero-order valence-corrected chi connectivity index (χ0v) is 14.0. The van der Waals surface area contributed by atoms with E-state index < -0.39 is 0 Å². The summed E-state index contributed by atoms with van der Waals surface area (Å²) < 4.78 is 4.56. The van der Waals surface area contributed by atoms with Crippen LogP contribution in [0.1, 0.15) is 51.9 Å². The number of nitrogens with zero attached hydrogens (tertiary/aromatic N) is 1. The van der Waals surface area contributed by atoms with Gasteiger partial charge in [-0.2, -0.15) is 0 Å². The molecule has 1 unspecified atom stereocenters. The number of carbonyl (C=O) groups is 2. The van der Waals surface area contributed by atoms with Crippen molar-refractivity contribution in [3.05, 3.63) is 0 Å². The maximum atomic E-state index is 11.6. The molecular formula is C16H31N3O3. The fourth-order valence-corrected chi connectivity index (χ4v) is 2.73. The summed E-state index contributed by atoms with van der Waals surface area (Å²) in [6.07, 6.45) is 6.85. The number of urea groups is 1. The zero-order chi connectivity index (χ0) is 16.2. The molecule has 128 valence electrons. The molecule has 0 radical (unpaired) electrons. The van der Waals surface area contributed by atoms with Gasteiger partial charge in [0.25, 0.3) is 0 Å². The second-order valence-corrected chi connectivity index (χ2v) is 5.95. The normalized spacial score (nSPS) is 18.7. The van der Waals surface area contributed by atoms with Crippen LogP contribution in [-0.4, -0.2) is 56.2 Å². The van der Waals surface area contributed by atoms with Crippen LogP contribution >= 0.6 is 0 Å². The van der Waals surface area contributed by atoms with Crippen molar-refractivity contribution < 1.29 is 14.3 Å². The third-order valence-electron chi connectivity index (χ3n) is 4.17. The Morgan fingerprint density at radius 2 is 1.86 bits per heavy atom. The average molecular weight is 313 g/mol. The van der Waals surface area contributed by atoms with Crippen molar-refractivity contribution in [1.82, 2.24) is 15.5 Å². The van der Waals surface area contributed by atoms with Crippen LogP contribution in [0.3, 0.4) is 0 Å². The van der Waals surface area contributed by atoms with E-state index >= 15 is 0 Å². The maximum absolute atomic E-state index is 11.6. The summed E-state index contributed by atoms with van der Waals surface area (Å²) in [4.78, 5) is 25.0. The summed E-state index contributed by atoms with van der Waals surface area (Å²) in [5.74, 6) is -0.198. The number of ether oxygens (including phenoxy) is 1. The number of nitrogens with one attached hydrogen (secondary N) is 2. The van der Waals surface area contributed by atoms with Crippen LogP contribution in [0.2, 0.25) is 0 Å². The summed E-state index contributed by atoms with van der Waals surface area (Å²) in [5.41, 5.74) is 0. The Bertz CT molecular complexity index is 337. The summed E-state index contributed by atoms with van der Waals surface area (Å²) in [6, 6.07) is 0.558. The van der Waals surface area contributed by atoms with Crippen LogP contribution in [-0.2, 0) is 9.53 Å². The molecule has 1 aliphatic heterocycles. The van der Waals surface area contributed by atoms with Gasteiger partial charge in [0.05, 0.1) is 7.11 Å². The van der Waals surface area contributed by atoms with E-state index in [0.29, 0.717) is 25.6 Å². The molecule has 0 aromatic carbocycles. The molecule has 2 N–H and O–H groups in total. The number of methoxy groups -OCH3 is 1. The maximum Gasteiger partial charge on any atom is 0.314 e. The van der Waals surface area contributed by atoms with Crippen LogP contribution in [0.25, 0.3) is 0 Å². The van der Waals surface area contributed by atoms with E-state index in [-0.39, 0.29) is 12.0 Å². The van der Waals surface area contributed by atoms with Gasteiger partial charge >= 0.3 is 12.0 Å². The number of amides is 2. The molecule has 1 rings (SSSR count). The van der Waals surface area contributed by atoms with Gasteiger partial charge in [-0.15, -0.1) is 0 Å². The smallest absolute Gasteiger partial charge is 0.314 e. The highest BCUT2D eigenvalue weighted by Gasteiger charge is 2.17. The van der Waals surface area contributed by atoms with Crippen molar-refractivity contribution in [2.45, 2.75) is 57.9 Å². The molecule has 22 heavy (non-hydrogen) atoms. The van der Waals surface area contributed by atoms with Crippen LogP contribution in [0, 0.1) is 0 Å². The van der Waals surface area contributed by atoms with Gasteiger partial charge in [-0.1, -0.05) is 6.42 Å². The predicted octanol–water partition coefficient (Wildman–Crippen LogP) is 1.89. The number of likely N-dealkylation sites (tertiary alicyclic amines) is 1. The number of carbonyl (C=O) groups excluding carboxylic acids is 2. The van der Waals surface area contributed by atoms with Crippen molar-refractivity contribution in [2.75, 3.05) is 33.3 Å². The second kappa shape index (κ2) is 11.3. The van der Waals surface area contributed by atoms with Gasteiger partial charge in [-0.25, -0.2) is 4.79 Å². The van der Waals surface area contributed by atoms with Crippen molar-refractivity contribution in [2.24, 2.45) is 0 Å². The third kappa shape index (κ3) is 8.22. The molecule has 1 fully saturated rings. The lowest BCUT2D eigenvalue weighted by molar-refractivity contribution is -0.140. The first kappa shape index (κ1) is 18.7. The van der Waals surface area contributed by atoms with Crippen LogP contribution in [0.4, 0.5) is 4.79 Å². The van der Waals surface area contributed by atoms with E-state index in [0.717, 1.165) is 25.8 Å². The Kier molecular flexibility index (Phi) is 9.62. The van der Waals surface area contributed by atoms with Gasteiger partial charge in [0.2, 0.25) is 0 Å². The average Bonchev–Trinajstić information content (AvgIpc) is 2.52. The fraction of sp³-hybridized carbons (Fsp3) is 0.875. The Balaban J connectivity index is 1.93. The lowest BCUT2D eigenvalue weighted by Crippen LogP contribution is -2.40. The topological polar surface area (TPSA) is 70.7 Å². The number of esters is 1. The molecule has 1 saturated heterocycles. The Morgan fingerprint density at radius 3 is 2.55 bits per heavy atom. The number of rotatable bonds is 9. The standard InChI is InChI=1S/C16H31N3O3/c1-14-8-4-6-12-19(14)13-7-11-18-16(21)17-10-5-3-9-15(20)22-2/h14H,3-13H2,1-2H3,(H2,17,18,21). The van der Waals surface area contributed by atoms with Crippen LogP contribution in [0.5, 0.6) is 0 Å². The minimum absolute atomic E-state index is 0.121. The van der Waals surface area contributed by atoms with Gasteiger partial charge in [-0.3, -0.25) is 4.79 Å². The highest BCUT2D eigenvalue weighted by Crippen LogP contribution is 2.15. The molecule has 0 aromatic rings. The van der Waals surface area contributed by atoms with Gasteiger partial charge in [-0.05, 0) is 45.6 Å². The van der Waals surface area contributed by atoms with Gasteiger partial charge < -0.3 is 20.3 Å².